The van der Waals surface area contributed by atoms with Crippen molar-refractivity contribution in [1.29, 1.82) is 0 Å². The summed E-state index contributed by atoms with van der Waals surface area (Å²) in [5, 5.41) is 19.1. The van der Waals surface area contributed by atoms with E-state index in [1.807, 2.05) is 0 Å². The minimum absolute atomic E-state index is 0.513. The van der Waals surface area contributed by atoms with E-state index in [4.69, 9.17) is 0 Å². The van der Waals surface area contributed by atoms with E-state index in [2.05, 4.69) is 6.92 Å². The largest absolute Gasteiger partial charge is 0.481 e. The van der Waals surface area contributed by atoms with Gasteiger partial charge in [0.15, 0.2) is 0 Å². The smallest absolute Gasteiger partial charge is 0.310 e. The van der Waals surface area contributed by atoms with E-state index in [0.29, 0.717) is 19.3 Å². The van der Waals surface area contributed by atoms with Gasteiger partial charge in [-0.1, -0.05) is 77.6 Å². The van der Waals surface area contributed by atoms with Crippen LogP contribution < -0.4 is 0 Å². The second kappa shape index (κ2) is 10.7. The summed E-state index contributed by atoms with van der Waals surface area (Å²) in [4.78, 5) is 23.3. The highest BCUT2D eigenvalue weighted by Crippen LogP contribution is 2.45. The summed E-state index contributed by atoms with van der Waals surface area (Å²) in [6.45, 7) is 2.22. The number of rotatable bonds is 12. The number of hydrogen-bond acceptors (Lipinski definition) is 2. The van der Waals surface area contributed by atoms with E-state index in [0.717, 1.165) is 32.1 Å². The number of carbonyl (C=O) groups is 2. The first-order valence-corrected chi connectivity index (χ1v) is 9.51. The number of unbranched alkanes of at least 4 members (excludes halogenated alkanes) is 8. The maximum Gasteiger partial charge on any atom is 0.310 e. The highest BCUT2D eigenvalue weighted by molar-refractivity contribution is 5.83. The van der Waals surface area contributed by atoms with Crippen LogP contribution in [-0.4, -0.2) is 22.2 Å². The second-order valence-corrected chi connectivity index (χ2v) is 7.18. The van der Waals surface area contributed by atoms with Gasteiger partial charge in [0, 0.05) is 0 Å². The Hall–Kier alpha value is -1.06. The Morgan fingerprint density at radius 3 is 2.00 bits per heavy atom. The number of hydrogen-bond donors (Lipinski definition) is 2. The topological polar surface area (TPSA) is 74.6 Å². The van der Waals surface area contributed by atoms with E-state index >= 15 is 0 Å². The molecule has 0 saturated heterocycles. The van der Waals surface area contributed by atoms with Crippen molar-refractivity contribution in [2.45, 2.75) is 96.8 Å². The third-order valence-corrected chi connectivity index (χ3v) is 5.48. The van der Waals surface area contributed by atoms with Gasteiger partial charge in [-0.15, -0.1) is 0 Å². The molecule has 23 heavy (non-hydrogen) atoms. The van der Waals surface area contributed by atoms with Crippen LogP contribution in [-0.2, 0) is 9.59 Å². The number of carboxylic acid groups (broad SMARTS) is 2. The van der Waals surface area contributed by atoms with E-state index in [1.54, 1.807) is 0 Å². The fraction of sp³-hybridized carbons (Fsp3) is 0.895. The van der Waals surface area contributed by atoms with Crippen LogP contribution in [0.25, 0.3) is 0 Å². The first-order chi connectivity index (χ1) is 11.0. The van der Waals surface area contributed by atoms with E-state index in [1.165, 1.54) is 38.5 Å². The van der Waals surface area contributed by atoms with Crippen LogP contribution in [0, 0.1) is 11.3 Å². The Morgan fingerprint density at radius 1 is 0.913 bits per heavy atom. The molecule has 0 heterocycles. The monoisotopic (exact) mass is 326 g/mol. The Bertz CT molecular complexity index is 366. The van der Waals surface area contributed by atoms with Gasteiger partial charge in [-0.3, -0.25) is 9.59 Å². The zero-order valence-electron chi connectivity index (χ0n) is 14.7. The predicted octanol–water partition coefficient (Wildman–Crippen LogP) is 5.25. The SMILES string of the molecule is CCCCCCCCCCCC1(C(=O)O)CCCCC1C(=O)O. The van der Waals surface area contributed by atoms with Gasteiger partial charge in [0.05, 0.1) is 11.3 Å². The molecule has 0 radical (unpaired) electrons. The summed E-state index contributed by atoms with van der Waals surface area (Å²) < 4.78 is 0. The van der Waals surface area contributed by atoms with Crippen molar-refractivity contribution in [1.82, 2.24) is 0 Å². The van der Waals surface area contributed by atoms with Gasteiger partial charge >= 0.3 is 11.9 Å². The molecule has 134 valence electrons. The van der Waals surface area contributed by atoms with Gasteiger partial charge in [-0.25, -0.2) is 0 Å². The summed E-state index contributed by atoms with van der Waals surface area (Å²) in [6, 6.07) is 0. The molecule has 1 saturated carbocycles. The molecule has 1 rings (SSSR count). The standard InChI is InChI=1S/C19H34O4/c1-2-3-4-5-6-7-8-9-11-14-19(18(22)23)15-12-10-13-16(19)17(20)21/h16H,2-15H2,1H3,(H,20,21)(H,22,23). The molecule has 4 heteroatoms. The number of carboxylic acids is 2. The van der Waals surface area contributed by atoms with Crippen molar-refractivity contribution in [2.24, 2.45) is 11.3 Å². The molecule has 2 atom stereocenters. The molecular formula is C19H34O4. The molecule has 0 aromatic heterocycles. The summed E-state index contributed by atoms with van der Waals surface area (Å²) in [7, 11) is 0. The van der Waals surface area contributed by atoms with Gasteiger partial charge in [-0.05, 0) is 19.3 Å². The molecule has 1 aliphatic carbocycles. The summed E-state index contributed by atoms with van der Waals surface area (Å²) in [5.41, 5.74) is -1.02. The van der Waals surface area contributed by atoms with Crippen molar-refractivity contribution < 1.29 is 19.8 Å². The van der Waals surface area contributed by atoms with E-state index < -0.39 is 23.3 Å². The maximum absolute atomic E-state index is 11.8. The fourth-order valence-electron chi connectivity index (χ4n) is 4.01. The van der Waals surface area contributed by atoms with E-state index in [-0.39, 0.29) is 0 Å². The zero-order valence-corrected chi connectivity index (χ0v) is 14.7. The molecule has 1 fully saturated rings. The maximum atomic E-state index is 11.8. The first kappa shape index (κ1) is 20.0. The fourth-order valence-corrected chi connectivity index (χ4v) is 4.01. The zero-order chi connectivity index (χ0) is 17.1. The molecule has 2 N–H and O–H groups in total. The molecule has 0 aromatic carbocycles. The minimum atomic E-state index is -1.02. The summed E-state index contributed by atoms with van der Waals surface area (Å²) >= 11 is 0. The van der Waals surface area contributed by atoms with Gasteiger partial charge in [0.2, 0.25) is 0 Å². The lowest BCUT2D eigenvalue weighted by Crippen LogP contribution is -2.44. The molecule has 0 spiro atoms. The van der Waals surface area contributed by atoms with Gasteiger partial charge < -0.3 is 10.2 Å². The normalized spacial score (nSPS) is 24.5. The summed E-state index contributed by atoms with van der Waals surface area (Å²) in [6.07, 6.45) is 13.9. The molecule has 0 aromatic rings. The number of aliphatic carboxylic acids is 2. The van der Waals surface area contributed by atoms with E-state index in [9.17, 15) is 19.8 Å². The third-order valence-electron chi connectivity index (χ3n) is 5.48. The Kier molecular flexibility index (Phi) is 9.27. The molecule has 0 aliphatic heterocycles. The van der Waals surface area contributed by atoms with Crippen LogP contribution in [0.2, 0.25) is 0 Å². The van der Waals surface area contributed by atoms with Crippen LogP contribution in [0.4, 0.5) is 0 Å². The molecule has 4 nitrogen and oxygen atoms in total. The van der Waals surface area contributed by atoms with Gasteiger partial charge in [-0.2, -0.15) is 0 Å². The average Bonchev–Trinajstić information content (AvgIpc) is 2.53. The lowest BCUT2D eigenvalue weighted by Gasteiger charge is -2.38. The molecule has 0 amide bonds. The molecule has 0 bridgehead atoms. The van der Waals surface area contributed by atoms with Crippen LogP contribution in [0.3, 0.4) is 0 Å². The minimum Gasteiger partial charge on any atom is -0.481 e. The van der Waals surface area contributed by atoms with Crippen molar-refractivity contribution in [3.8, 4) is 0 Å². The highest BCUT2D eigenvalue weighted by atomic mass is 16.4. The van der Waals surface area contributed by atoms with Crippen LogP contribution in [0.1, 0.15) is 96.8 Å². The lowest BCUT2D eigenvalue weighted by atomic mass is 9.63. The first-order valence-electron chi connectivity index (χ1n) is 9.51. The lowest BCUT2D eigenvalue weighted by molar-refractivity contribution is -0.166. The molecular weight excluding hydrogens is 292 g/mol. The summed E-state index contributed by atoms with van der Waals surface area (Å²) in [5.74, 6) is -2.53. The van der Waals surface area contributed by atoms with Crippen LogP contribution >= 0.6 is 0 Å². The Balaban J connectivity index is 2.33. The third kappa shape index (κ3) is 6.15. The van der Waals surface area contributed by atoms with Gasteiger partial charge in [0.1, 0.15) is 0 Å². The molecule has 2 unspecified atom stereocenters. The Morgan fingerprint density at radius 2 is 1.48 bits per heavy atom. The average molecular weight is 326 g/mol. The van der Waals surface area contributed by atoms with Crippen LogP contribution in [0.5, 0.6) is 0 Å². The second-order valence-electron chi connectivity index (χ2n) is 7.18. The van der Waals surface area contributed by atoms with Crippen molar-refractivity contribution in [2.75, 3.05) is 0 Å². The Labute approximate surface area is 140 Å². The quantitative estimate of drug-likeness (QED) is 0.480. The van der Waals surface area contributed by atoms with Gasteiger partial charge in [0.25, 0.3) is 0 Å². The van der Waals surface area contributed by atoms with Crippen molar-refractivity contribution in [3.63, 3.8) is 0 Å². The predicted molar refractivity (Wildman–Crippen MR) is 91.5 cm³/mol. The van der Waals surface area contributed by atoms with Crippen molar-refractivity contribution >= 4 is 11.9 Å². The molecule has 1 aliphatic rings. The van der Waals surface area contributed by atoms with Crippen molar-refractivity contribution in [3.05, 3.63) is 0 Å². The highest BCUT2D eigenvalue weighted by Gasteiger charge is 2.50. The van der Waals surface area contributed by atoms with Crippen LogP contribution in [0.15, 0.2) is 0 Å².